The Labute approximate surface area is 75.2 Å². The van der Waals surface area contributed by atoms with E-state index in [0.717, 1.165) is 0 Å². The molecule has 0 saturated carbocycles. The molecule has 0 aromatic rings. The molecule has 0 heterocycles. The first-order valence-electron chi connectivity index (χ1n) is 0. The molecular formula is Cl4ORe-6. The van der Waals surface area contributed by atoms with Crippen molar-refractivity contribution in [3.8, 4) is 0 Å². The molecule has 0 unspecified atom stereocenters. The molecular weight excluding hydrogens is 344 g/mol. The molecule has 0 rings (SSSR count). The molecule has 1 radical (unpaired) electrons. The molecule has 0 aliphatic rings. The average molecular weight is 344 g/mol. The van der Waals surface area contributed by atoms with Crippen LogP contribution in [0.2, 0.25) is 0 Å². The third kappa shape index (κ3) is 41.6. The van der Waals surface area contributed by atoms with Crippen molar-refractivity contribution in [1.82, 2.24) is 0 Å². The summed E-state index contributed by atoms with van der Waals surface area (Å²) < 4.78 is 0. The van der Waals surface area contributed by atoms with Crippen LogP contribution >= 0.6 is 0 Å². The standard InChI is InChI=1S/4ClH.O.Re/h4*1H;;/q;;;;-2;/p-4. The number of hydrogen-bond donors (Lipinski definition) is 0. The molecule has 0 atom stereocenters. The van der Waals surface area contributed by atoms with Crippen LogP contribution in [0, 0.1) is 0 Å². The van der Waals surface area contributed by atoms with Gasteiger partial charge in [-0.25, -0.2) is 0 Å². The van der Waals surface area contributed by atoms with Gasteiger partial charge in [-0.1, -0.05) is 0 Å². The maximum atomic E-state index is 0. The Hall–Kier alpha value is 1.78. The van der Waals surface area contributed by atoms with Crippen molar-refractivity contribution in [2.45, 2.75) is 0 Å². The van der Waals surface area contributed by atoms with Gasteiger partial charge < -0.3 is 55.1 Å². The van der Waals surface area contributed by atoms with E-state index in [4.69, 9.17) is 0 Å². The fourth-order valence-corrected chi connectivity index (χ4v) is 0. The third-order valence-electron chi connectivity index (χ3n) is 0. The molecule has 0 amide bonds. The molecule has 0 bridgehead atoms. The summed E-state index contributed by atoms with van der Waals surface area (Å²) in [5.74, 6) is 0. The quantitative estimate of drug-likeness (QED) is 0.418. The van der Waals surface area contributed by atoms with E-state index in [1.165, 1.54) is 0 Å². The summed E-state index contributed by atoms with van der Waals surface area (Å²) in [4.78, 5) is 0. The Bertz CT molecular complexity index is 7.51. The fraction of sp³-hybridized carbons (Fsp3) is 0. The summed E-state index contributed by atoms with van der Waals surface area (Å²) >= 11 is 0. The van der Waals surface area contributed by atoms with Crippen LogP contribution in [-0.2, 0) is 25.9 Å². The van der Waals surface area contributed by atoms with Gasteiger partial charge in [-0.3, -0.25) is 0 Å². The zero-order valence-corrected chi connectivity index (χ0v) is 8.04. The average Bonchev–Trinajstić information content (AvgIpc) is 0. The van der Waals surface area contributed by atoms with Crippen molar-refractivity contribution in [1.29, 1.82) is 0 Å². The Balaban J connectivity index is 0. The van der Waals surface area contributed by atoms with Crippen molar-refractivity contribution in [2.24, 2.45) is 0 Å². The largest absolute Gasteiger partial charge is 2.00 e. The van der Waals surface area contributed by atoms with E-state index in [1.807, 2.05) is 0 Å². The second kappa shape index (κ2) is 71.4. The molecule has 0 aromatic heterocycles. The van der Waals surface area contributed by atoms with Gasteiger partial charge in [0, 0.05) is 20.4 Å². The van der Waals surface area contributed by atoms with Crippen LogP contribution in [0.4, 0.5) is 0 Å². The van der Waals surface area contributed by atoms with Gasteiger partial charge in [-0.05, 0) is 0 Å². The van der Waals surface area contributed by atoms with Gasteiger partial charge in [-0.15, -0.1) is 0 Å². The molecule has 0 saturated heterocycles. The predicted molar refractivity (Wildman–Crippen MR) is 0.686 cm³/mol. The van der Waals surface area contributed by atoms with Gasteiger partial charge in [0.1, 0.15) is 0 Å². The molecule has 0 fully saturated rings. The predicted octanol–water partition coefficient (Wildman–Crippen LogP) is -12.1. The van der Waals surface area contributed by atoms with Crippen LogP contribution < -0.4 is 49.6 Å². The molecule has 6 heteroatoms. The van der Waals surface area contributed by atoms with Gasteiger partial charge >= 0.3 is 0 Å². The minimum atomic E-state index is 0. The Morgan fingerprint density at radius 1 is 0.500 bits per heavy atom. The van der Waals surface area contributed by atoms with Gasteiger partial charge in [0.15, 0.2) is 0 Å². The second-order valence-corrected chi connectivity index (χ2v) is 0. The van der Waals surface area contributed by atoms with Crippen LogP contribution in [-0.4, -0.2) is 0 Å². The zero-order chi connectivity index (χ0) is 0. The van der Waals surface area contributed by atoms with E-state index in [1.54, 1.807) is 0 Å². The summed E-state index contributed by atoms with van der Waals surface area (Å²) in [5, 5.41) is 0. The van der Waals surface area contributed by atoms with Crippen molar-refractivity contribution in [2.75, 3.05) is 0 Å². The number of hydrogen-bond acceptors (Lipinski definition) is 0. The normalized spacial score (nSPS) is 0. The van der Waals surface area contributed by atoms with E-state index in [2.05, 4.69) is 0 Å². The van der Waals surface area contributed by atoms with Crippen LogP contribution in [0.25, 0.3) is 0 Å². The molecule has 0 aliphatic heterocycles. The summed E-state index contributed by atoms with van der Waals surface area (Å²) in [5.41, 5.74) is 0. The van der Waals surface area contributed by atoms with E-state index < -0.39 is 0 Å². The van der Waals surface area contributed by atoms with Crippen LogP contribution in [0.15, 0.2) is 0 Å². The van der Waals surface area contributed by atoms with Crippen molar-refractivity contribution in [3.63, 3.8) is 0 Å². The summed E-state index contributed by atoms with van der Waals surface area (Å²) in [6.45, 7) is 0. The number of halogens is 4. The summed E-state index contributed by atoms with van der Waals surface area (Å²) in [7, 11) is 0. The molecule has 0 spiro atoms. The monoisotopic (exact) mass is 343 g/mol. The van der Waals surface area contributed by atoms with Gasteiger partial charge in [0.25, 0.3) is 0 Å². The SMILES string of the molecule is [Cl-].[Cl-].[Cl-].[Cl-].[O-2].[Re]. The van der Waals surface area contributed by atoms with E-state index >= 15 is 0 Å². The third-order valence-corrected chi connectivity index (χ3v) is 0. The molecule has 6 heavy (non-hydrogen) atoms. The van der Waals surface area contributed by atoms with Crippen molar-refractivity contribution < 1.29 is 75.5 Å². The van der Waals surface area contributed by atoms with E-state index in [0.29, 0.717) is 0 Å². The van der Waals surface area contributed by atoms with Gasteiger partial charge in [0.05, 0.1) is 0 Å². The van der Waals surface area contributed by atoms with Crippen LogP contribution in [0.3, 0.4) is 0 Å². The minimum Gasteiger partial charge on any atom is -2.00 e. The molecule has 47 valence electrons. The number of rotatable bonds is 0. The summed E-state index contributed by atoms with van der Waals surface area (Å²) in [6, 6.07) is 0. The fourth-order valence-electron chi connectivity index (χ4n) is 0. The molecule has 1 nitrogen and oxygen atoms in total. The van der Waals surface area contributed by atoms with E-state index in [9.17, 15) is 0 Å². The Morgan fingerprint density at radius 3 is 0.500 bits per heavy atom. The van der Waals surface area contributed by atoms with Crippen LogP contribution in [0.1, 0.15) is 0 Å². The Morgan fingerprint density at radius 2 is 0.500 bits per heavy atom. The first kappa shape index (κ1) is 113. The minimum absolute atomic E-state index is 0. The smallest absolute Gasteiger partial charge is 0 e. The molecule has 0 aromatic carbocycles. The van der Waals surface area contributed by atoms with Gasteiger partial charge in [-0.2, -0.15) is 0 Å². The Kier molecular flexibility index (Phi) is 1340. The van der Waals surface area contributed by atoms with Crippen molar-refractivity contribution >= 4 is 0 Å². The topological polar surface area (TPSA) is 28.5 Å². The van der Waals surface area contributed by atoms with Gasteiger partial charge in [0.2, 0.25) is 0 Å². The first-order valence-corrected chi connectivity index (χ1v) is 0. The van der Waals surface area contributed by atoms with Crippen LogP contribution in [0.5, 0.6) is 0 Å². The molecule has 0 aliphatic carbocycles. The first-order chi connectivity index (χ1) is 0. The second-order valence-electron chi connectivity index (χ2n) is 0. The zero-order valence-electron chi connectivity index (χ0n) is 2.30. The maximum absolute atomic E-state index is 0. The van der Waals surface area contributed by atoms with E-state index in [-0.39, 0.29) is 75.5 Å². The molecule has 0 N–H and O–H groups in total. The summed E-state index contributed by atoms with van der Waals surface area (Å²) in [6.07, 6.45) is 0. The van der Waals surface area contributed by atoms with Crippen molar-refractivity contribution in [3.05, 3.63) is 0 Å². The maximum Gasteiger partial charge on any atom is 0 e.